The van der Waals surface area contributed by atoms with Gasteiger partial charge >= 0.3 is 0 Å². The van der Waals surface area contributed by atoms with Crippen LogP contribution in [0, 0.1) is 0 Å². The van der Waals surface area contributed by atoms with E-state index in [0.717, 1.165) is 25.1 Å². The number of Topliss-reactive ketones (excluding diaryl/α,β-unsaturated/α-hetero) is 1. The Morgan fingerprint density at radius 1 is 1.56 bits per heavy atom. The monoisotopic (exact) mass is 235 g/mol. The van der Waals surface area contributed by atoms with Crippen LogP contribution in [0.4, 0.5) is 5.69 Å². The first-order valence-corrected chi connectivity index (χ1v) is 5.80. The molecule has 0 spiro atoms. The van der Waals surface area contributed by atoms with E-state index in [4.69, 9.17) is 11.6 Å². The number of nitrogens with zero attached hydrogens (tertiary/aromatic N) is 1. The summed E-state index contributed by atoms with van der Waals surface area (Å²) >= 11 is 5.52. The summed E-state index contributed by atoms with van der Waals surface area (Å²) in [5.41, 5.74) is 4.82. The molecular formula is C13H14ClNO. The Labute approximate surface area is 101 Å². The number of carbonyl (C=O) groups is 1. The van der Waals surface area contributed by atoms with Crippen molar-refractivity contribution in [2.75, 3.05) is 18.0 Å². The zero-order valence-corrected chi connectivity index (χ0v) is 10.00. The third-order valence-electron chi connectivity index (χ3n) is 2.89. The number of hydrogen-bond donors (Lipinski definition) is 0. The minimum Gasteiger partial charge on any atom is -0.367 e. The fraction of sp³-hybridized carbons (Fsp3) is 0.308. The molecule has 0 atom stereocenters. The highest BCUT2D eigenvalue weighted by atomic mass is 35.5. The van der Waals surface area contributed by atoms with E-state index in [1.165, 1.54) is 11.3 Å². The largest absolute Gasteiger partial charge is 0.367 e. The zero-order chi connectivity index (χ0) is 11.5. The minimum atomic E-state index is 0.127. The lowest BCUT2D eigenvalue weighted by atomic mass is 10.1. The van der Waals surface area contributed by atoms with Crippen molar-refractivity contribution >= 4 is 23.1 Å². The molecule has 0 amide bonds. The predicted octanol–water partition coefficient (Wildman–Crippen LogP) is 3.00. The number of fused-ring (bicyclic) bond motifs is 1. The highest BCUT2D eigenvalue weighted by Gasteiger charge is 2.18. The molecule has 84 valence electrons. The van der Waals surface area contributed by atoms with Crippen LogP contribution in [-0.2, 0) is 6.42 Å². The second-order valence-corrected chi connectivity index (χ2v) is 4.21. The van der Waals surface area contributed by atoms with E-state index in [1.54, 1.807) is 12.5 Å². The van der Waals surface area contributed by atoms with Crippen molar-refractivity contribution in [3.8, 4) is 0 Å². The highest BCUT2D eigenvalue weighted by Crippen LogP contribution is 2.28. The molecule has 1 heterocycles. The zero-order valence-electron chi connectivity index (χ0n) is 9.24. The van der Waals surface area contributed by atoms with Gasteiger partial charge in [-0.25, -0.2) is 0 Å². The molecule has 0 N–H and O–H groups in total. The van der Waals surface area contributed by atoms with Crippen molar-refractivity contribution in [2.45, 2.75) is 13.3 Å². The van der Waals surface area contributed by atoms with Gasteiger partial charge in [-0.2, -0.15) is 0 Å². The number of halogens is 1. The summed E-state index contributed by atoms with van der Waals surface area (Å²) in [5.74, 6) is 0.127. The standard InChI is InChI=1S/C13H14ClNO/c1-10(16)11-3-4-13-12(9-11)5-8-15(13)7-2-6-14/h2-4,6,9H,5,7-8H2,1H3/b6-2+. The molecule has 16 heavy (non-hydrogen) atoms. The summed E-state index contributed by atoms with van der Waals surface area (Å²) in [5, 5.41) is 0. The van der Waals surface area contributed by atoms with Gasteiger partial charge in [0, 0.05) is 29.9 Å². The van der Waals surface area contributed by atoms with Gasteiger partial charge in [-0.05, 0) is 37.1 Å². The number of rotatable bonds is 3. The number of hydrogen-bond acceptors (Lipinski definition) is 2. The van der Waals surface area contributed by atoms with Crippen molar-refractivity contribution in [3.63, 3.8) is 0 Å². The van der Waals surface area contributed by atoms with Gasteiger partial charge in [0.25, 0.3) is 0 Å². The van der Waals surface area contributed by atoms with Crippen LogP contribution in [0.25, 0.3) is 0 Å². The van der Waals surface area contributed by atoms with Crippen LogP contribution >= 0.6 is 11.6 Å². The van der Waals surface area contributed by atoms with Crippen molar-refractivity contribution in [1.29, 1.82) is 0 Å². The molecule has 0 unspecified atom stereocenters. The Hall–Kier alpha value is -1.28. The van der Waals surface area contributed by atoms with Gasteiger partial charge in [-0.1, -0.05) is 17.7 Å². The maximum absolute atomic E-state index is 11.3. The summed E-state index contributed by atoms with van der Waals surface area (Å²) in [6.07, 6.45) is 2.93. The number of anilines is 1. The van der Waals surface area contributed by atoms with Crippen molar-refractivity contribution in [2.24, 2.45) is 0 Å². The topological polar surface area (TPSA) is 20.3 Å². The molecule has 1 aliphatic rings. The predicted molar refractivity (Wildman–Crippen MR) is 67.4 cm³/mol. The van der Waals surface area contributed by atoms with Crippen LogP contribution in [0.3, 0.4) is 0 Å². The lowest BCUT2D eigenvalue weighted by Crippen LogP contribution is -2.19. The normalized spacial score (nSPS) is 14.5. The van der Waals surface area contributed by atoms with E-state index >= 15 is 0 Å². The molecule has 0 saturated heterocycles. The lowest BCUT2D eigenvalue weighted by Gasteiger charge is -2.16. The molecule has 3 heteroatoms. The van der Waals surface area contributed by atoms with Gasteiger partial charge in [-0.15, -0.1) is 0 Å². The summed E-state index contributed by atoms with van der Waals surface area (Å²) in [7, 11) is 0. The van der Waals surface area contributed by atoms with E-state index in [2.05, 4.69) is 4.90 Å². The van der Waals surface area contributed by atoms with E-state index in [-0.39, 0.29) is 5.78 Å². The van der Waals surface area contributed by atoms with Gasteiger partial charge in [0.1, 0.15) is 0 Å². The molecule has 2 nitrogen and oxygen atoms in total. The Bertz CT molecular complexity index is 440. The maximum atomic E-state index is 11.3. The summed E-state index contributed by atoms with van der Waals surface area (Å²) in [4.78, 5) is 13.5. The average Bonchev–Trinajstić information content (AvgIpc) is 2.68. The molecule has 1 aromatic carbocycles. The Morgan fingerprint density at radius 2 is 2.38 bits per heavy atom. The Kier molecular flexibility index (Phi) is 3.30. The van der Waals surface area contributed by atoms with Crippen LogP contribution in [-0.4, -0.2) is 18.9 Å². The lowest BCUT2D eigenvalue weighted by molar-refractivity contribution is 0.101. The van der Waals surface area contributed by atoms with Gasteiger partial charge in [0.05, 0.1) is 0 Å². The second-order valence-electron chi connectivity index (χ2n) is 3.96. The van der Waals surface area contributed by atoms with Crippen LogP contribution in [0.5, 0.6) is 0 Å². The Balaban J connectivity index is 2.25. The molecular weight excluding hydrogens is 222 g/mol. The molecule has 1 aromatic rings. The van der Waals surface area contributed by atoms with Crippen LogP contribution in [0.1, 0.15) is 22.8 Å². The fourth-order valence-electron chi connectivity index (χ4n) is 2.05. The number of carbonyl (C=O) groups excluding carboxylic acids is 1. The quantitative estimate of drug-likeness (QED) is 0.751. The van der Waals surface area contributed by atoms with E-state index in [1.807, 2.05) is 24.3 Å². The Morgan fingerprint density at radius 3 is 3.06 bits per heavy atom. The van der Waals surface area contributed by atoms with Crippen LogP contribution in [0.15, 0.2) is 29.8 Å². The van der Waals surface area contributed by atoms with Crippen LogP contribution < -0.4 is 4.90 Å². The minimum absolute atomic E-state index is 0.127. The summed E-state index contributed by atoms with van der Waals surface area (Å²) in [6, 6.07) is 5.92. The van der Waals surface area contributed by atoms with Gasteiger partial charge < -0.3 is 4.90 Å². The summed E-state index contributed by atoms with van der Waals surface area (Å²) in [6.45, 7) is 3.43. The first-order chi connectivity index (χ1) is 7.72. The third kappa shape index (κ3) is 2.12. The molecule has 0 bridgehead atoms. The van der Waals surface area contributed by atoms with Gasteiger partial charge in [0.2, 0.25) is 0 Å². The highest BCUT2D eigenvalue weighted by molar-refractivity contribution is 6.25. The summed E-state index contributed by atoms with van der Waals surface area (Å²) < 4.78 is 0. The van der Waals surface area contributed by atoms with E-state index < -0.39 is 0 Å². The molecule has 0 aliphatic carbocycles. The fourth-order valence-corrected chi connectivity index (χ4v) is 2.13. The number of ketones is 1. The average molecular weight is 236 g/mol. The van der Waals surface area contributed by atoms with Crippen molar-refractivity contribution < 1.29 is 4.79 Å². The number of benzene rings is 1. The second kappa shape index (κ2) is 4.71. The molecule has 0 aromatic heterocycles. The first kappa shape index (κ1) is 11.2. The third-order valence-corrected chi connectivity index (χ3v) is 3.07. The first-order valence-electron chi connectivity index (χ1n) is 5.36. The van der Waals surface area contributed by atoms with Crippen LogP contribution in [0.2, 0.25) is 0 Å². The molecule has 2 rings (SSSR count). The van der Waals surface area contributed by atoms with E-state index in [0.29, 0.717) is 0 Å². The van der Waals surface area contributed by atoms with Gasteiger partial charge in [-0.3, -0.25) is 4.79 Å². The van der Waals surface area contributed by atoms with Gasteiger partial charge in [0.15, 0.2) is 5.78 Å². The van der Waals surface area contributed by atoms with Crippen molar-refractivity contribution in [1.82, 2.24) is 0 Å². The maximum Gasteiger partial charge on any atom is 0.159 e. The van der Waals surface area contributed by atoms with E-state index in [9.17, 15) is 4.79 Å². The molecule has 0 fully saturated rings. The van der Waals surface area contributed by atoms with Crippen molar-refractivity contribution in [3.05, 3.63) is 40.9 Å². The smallest absolute Gasteiger partial charge is 0.159 e. The SMILES string of the molecule is CC(=O)c1ccc2c(c1)CCN2C/C=C/Cl. The molecule has 1 aliphatic heterocycles. The molecule has 0 radical (unpaired) electrons. The molecule has 0 saturated carbocycles.